The van der Waals surface area contributed by atoms with Crippen molar-refractivity contribution in [1.29, 1.82) is 5.41 Å². The highest BCUT2D eigenvalue weighted by Gasteiger charge is 2.36. The molecule has 1 amide bonds. The molecule has 0 unspecified atom stereocenters. The molecule has 1 aromatic rings. The number of ether oxygens (including phenoxy) is 2. The molecule has 9 heteroatoms. The lowest BCUT2D eigenvalue weighted by Gasteiger charge is -2.16. The SMILES string of the molecule is COc1cc(OC)c(C(F)(F)F)cc1C(=O)NC(=N)N. The van der Waals surface area contributed by atoms with Crippen LogP contribution in [0.3, 0.4) is 0 Å². The third-order valence-corrected chi connectivity index (χ3v) is 2.32. The molecule has 0 saturated carbocycles. The van der Waals surface area contributed by atoms with Gasteiger partial charge in [-0.2, -0.15) is 13.2 Å². The third kappa shape index (κ3) is 3.31. The molecule has 0 fully saturated rings. The van der Waals surface area contributed by atoms with E-state index in [0.29, 0.717) is 6.07 Å². The fourth-order valence-corrected chi connectivity index (χ4v) is 1.49. The highest BCUT2D eigenvalue weighted by Crippen LogP contribution is 2.39. The van der Waals surface area contributed by atoms with E-state index in [4.69, 9.17) is 15.9 Å². The maximum Gasteiger partial charge on any atom is 0.419 e. The molecule has 20 heavy (non-hydrogen) atoms. The Labute approximate surface area is 112 Å². The van der Waals surface area contributed by atoms with Gasteiger partial charge in [-0.25, -0.2) is 0 Å². The minimum absolute atomic E-state index is 0.131. The van der Waals surface area contributed by atoms with E-state index in [1.54, 1.807) is 0 Å². The van der Waals surface area contributed by atoms with Gasteiger partial charge in [0.15, 0.2) is 5.96 Å². The van der Waals surface area contributed by atoms with Crippen LogP contribution in [0.25, 0.3) is 0 Å². The van der Waals surface area contributed by atoms with Crippen molar-refractivity contribution >= 4 is 11.9 Å². The molecular formula is C11H12F3N3O3. The van der Waals surface area contributed by atoms with Crippen molar-refractivity contribution in [3.63, 3.8) is 0 Å². The number of methoxy groups -OCH3 is 2. The van der Waals surface area contributed by atoms with Gasteiger partial charge in [0, 0.05) is 6.07 Å². The molecule has 0 atom stereocenters. The lowest BCUT2D eigenvalue weighted by atomic mass is 10.1. The first-order chi connectivity index (χ1) is 9.20. The Kier molecular flexibility index (Phi) is 4.43. The van der Waals surface area contributed by atoms with Gasteiger partial charge < -0.3 is 15.2 Å². The summed E-state index contributed by atoms with van der Waals surface area (Å²) in [5.74, 6) is -2.29. The van der Waals surface area contributed by atoms with Gasteiger partial charge in [0.05, 0.1) is 25.3 Å². The number of amides is 1. The Balaban J connectivity index is 3.43. The summed E-state index contributed by atoms with van der Waals surface area (Å²) >= 11 is 0. The Morgan fingerprint density at radius 2 is 1.80 bits per heavy atom. The number of benzene rings is 1. The van der Waals surface area contributed by atoms with E-state index in [9.17, 15) is 18.0 Å². The monoisotopic (exact) mass is 291 g/mol. The number of carbonyl (C=O) groups excluding carboxylic acids is 1. The quantitative estimate of drug-likeness (QED) is 0.578. The number of halogens is 3. The van der Waals surface area contributed by atoms with Crippen LogP contribution in [0, 0.1) is 5.41 Å². The van der Waals surface area contributed by atoms with Crippen molar-refractivity contribution in [2.75, 3.05) is 14.2 Å². The molecule has 1 rings (SSSR count). The molecule has 6 nitrogen and oxygen atoms in total. The predicted octanol–water partition coefficient (Wildman–Crippen LogP) is 1.35. The molecule has 0 bridgehead atoms. The molecule has 1 aromatic carbocycles. The normalized spacial score (nSPS) is 10.8. The Morgan fingerprint density at radius 1 is 1.25 bits per heavy atom. The van der Waals surface area contributed by atoms with Crippen LogP contribution in [-0.4, -0.2) is 26.1 Å². The number of nitrogens with one attached hydrogen (secondary N) is 2. The number of hydrogen-bond acceptors (Lipinski definition) is 4. The van der Waals surface area contributed by atoms with Gasteiger partial charge in [0.25, 0.3) is 5.91 Å². The third-order valence-electron chi connectivity index (χ3n) is 2.32. The number of rotatable bonds is 3. The van der Waals surface area contributed by atoms with Crippen molar-refractivity contribution in [3.05, 3.63) is 23.3 Å². The first kappa shape index (κ1) is 15.6. The highest BCUT2D eigenvalue weighted by atomic mass is 19.4. The van der Waals surface area contributed by atoms with Crippen LogP contribution in [0.2, 0.25) is 0 Å². The number of hydrogen-bond donors (Lipinski definition) is 3. The van der Waals surface area contributed by atoms with Crippen LogP contribution in [0.4, 0.5) is 13.2 Å². The maximum atomic E-state index is 12.9. The molecule has 0 aromatic heterocycles. The van der Waals surface area contributed by atoms with Crippen molar-refractivity contribution in [3.8, 4) is 11.5 Å². The van der Waals surface area contributed by atoms with Gasteiger partial charge in [0.2, 0.25) is 0 Å². The van der Waals surface area contributed by atoms with Crippen molar-refractivity contribution in [2.24, 2.45) is 5.73 Å². The summed E-state index contributed by atoms with van der Waals surface area (Å²) in [5, 5.41) is 8.80. The maximum absolute atomic E-state index is 12.9. The molecule has 110 valence electrons. The largest absolute Gasteiger partial charge is 0.496 e. The number of guanidine groups is 1. The summed E-state index contributed by atoms with van der Waals surface area (Å²) in [5.41, 5.74) is 3.43. The van der Waals surface area contributed by atoms with Crippen molar-refractivity contribution in [1.82, 2.24) is 5.32 Å². The second-order valence-electron chi connectivity index (χ2n) is 3.62. The highest BCUT2D eigenvalue weighted by molar-refractivity contribution is 6.06. The zero-order chi connectivity index (χ0) is 15.5. The summed E-state index contributed by atoms with van der Waals surface area (Å²) in [7, 11) is 2.26. The van der Waals surface area contributed by atoms with Crippen LogP contribution in [0.15, 0.2) is 12.1 Å². The van der Waals surface area contributed by atoms with Crippen LogP contribution in [0.1, 0.15) is 15.9 Å². The van der Waals surface area contributed by atoms with E-state index in [1.165, 1.54) is 7.11 Å². The second kappa shape index (κ2) is 5.68. The molecule has 0 radical (unpaired) electrons. The number of nitrogens with two attached hydrogens (primary N) is 1. The van der Waals surface area contributed by atoms with Gasteiger partial charge in [0.1, 0.15) is 11.5 Å². The summed E-state index contributed by atoms with van der Waals surface area (Å²) in [4.78, 5) is 11.7. The Hall–Kier alpha value is -2.45. The average molecular weight is 291 g/mol. The lowest BCUT2D eigenvalue weighted by Crippen LogP contribution is -2.36. The Bertz CT molecular complexity index is 544. The van der Waals surface area contributed by atoms with E-state index in [1.807, 2.05) is 5.32 Å². The van der Waals surface area contributed by atoms with E-state index in [2.05, 4.69) is 4.74 Å². The molecule has 4 N–H and O–H groups in total. The molecule has 0 aliphatic carbocycles. The molecule has 0 saturated heterocycles. The zero-order valence-corrected chi connectivity index (χ0v) is 10.6. The van der Waals surface area contributed by atoms with E-state index < -0.39 is 34.9 Å². The first-order valence-corrected chi connectivity index (χ1v) is 5.19. The predicted molar refractivity (Wildman–Crippen MR) is 63.9 cm³/mol. The van der Waals surface area contributed by atoms with Gasteiger partial charge in [-0.1, -0.05) is 0 Å². The lowest BCUT2D eigenvalue weighted by molar-refractivity contribution is -0.138. The van der Waals surface area contributed by atoms with Gasteiger partial charge in [-0.3, -0.25) is 15.5 Å². The summed E-state index contributed by atoms with van der Waals surface area (Å²) in [6.07, 6.45) is -4.71. The molecule has 0 aliphatic heterocycles. The van der Waals surface area contributed by atoms with Crippen LogP contribution >= 0.6 is 0 Å². The summed E-state index contributed by atoms with van der Waals surface area (Å²) in [6, 6.07) is 1.52. The number of alkyl halides is 3. The van der Waals surface area contributed by atoms with E-state index in [-0.39, 0.29) is 5.75 Å². The molecular weight excluding hydrogens is 279 g/mol. The topological polar surface area (TPSA) is 97.4 Å². The van der Waals surface area contributed by atoms with E-state index in [0.717, 1.165) is 13.2 Å². The molecule has 0 aliphatic rings. The summed E-state index contributed by atoms with van der Waals surface area (Å²) < 4.78 is 48.0. The van der Waals surface area contributed by atoms with E-state index >= 15 is 0 Å². The fraction of sp³-hybridized carbons (Fsp3) is 0.273. The van der Waals surface area contributed by atoms with Gasteiger partial charge in [-0.05, 0) is 6.07 Å². The van der Waals surface area contributed by atoms with Gasteiger partial charge >= 0.3 is 6.18 Å². The minimum atomic E-state index is -4.71. The van der Waals surface area contributed by atoms with Crippen molar-refractivity contribution < 1.29 is 27.4 Å². The molecule has 0 spiro atoms. The van der Waals surface area contributed by atoms with Gasteiger partial charge in [-0.15, -0.1) is 0 Å². The smallest absolute Gasteiger partial charge is 0.419 e. The zero-order valence-electron chi connectivity index (χ0n) is 10.6. The first-order valence-electron chi connectivity index (χ1n) is 5.19. The average Bonchev–Trinajstić information content (AvgIpc) is 2.34. The van der Waals surface area contributed by atoms with Crippen molar-refractivity contribution in [2.45, 2.75) is 6.18 Å². The second-order valence-corrected chi connectivity index (χ2v) is 3.62. The Morgan fingerprint density at radius 3 is 2.20 bits per heavy atom. The molecule has 0 heterocycles. The van der Waals surface area contributed by atoms with Crippen LogP contribution in [0.5, 0.6) is 11.5 Å². The summed E-state index contributed by atoms with van der Waals surface area (Å²) in [6.45, 7) is 0. The number of carbonyl (C=O) groups is 1. The van der Waals surface area contributed by atoms with Crippen LogP contribution in [-0.2, 0) is 6.18 Å². The van der Waals surface area contributed by atoms with Crippen LogP contribution < -0.4 is 20.5 Å². The standard InChI is InChI=1S/C11H12F3N3O3/c1-19-7-4-8(20-2)6(11(12,13)14)3-5(7)9(18)17-10(15)16/h3-4H,1-2H3,(H4,15,16,17,18). The minimum Gasteiger partial charge on any atom is -0.496 e. The fourth-order valence-electron chi connectivity index (χ4n) is 1.49.